The van der Waals surface area contributed by atoms with Crippen LogP contribution in [0, 0.1) is 0 Å². The van der Waals surface area contributed by atoms with Gasteiger partial charge in [-0.3, -0.25) is 4.72 Å². The Bertz CT molecular complexity index is 1190. The summed E-state index contributed by atoms with van der Waals surface area (Å²) in [6.07, 6.45) is 6.05. The molecule has 3 aromatic rings. The smallest absolute Gasteiger partial charge is 0.152 e. The summed E-state index contributed by atoms with van der Waals surface area (Å²) in [5.41, 5.74) is 8.71. The van der Waals surface area contributed by atoms with Crippen LogP contribution in [0.4, 0.5) is 5.82 Å². The minimum Gasteiger partial charge on any atom is -0.494 e. The SMILES string of the molecule is C=CS/C(=C\C)CCCOc1ccc2c(c1)nc(N)c1nc(COCC)n(CC(C)(C)NSC)c12. The van der Waals surface area contributed by atoms with Crippen LogP contribution >= 0.6 is 23.7 Å². The molecule has 1 aromatic carbocycles. The van der Waals surface area contributed by atoms with Crippen molar-refractivity contribution in [2.24, 2.45) is 0 Å². The quantitative estimate of drug-likeness (QED) is 0.191. The number of aromatic nitrogens is 3. The summed E-state index contributed by atoms with van der Waals surface area (Å²) >= 11 is 3.27. The Morgan fingerprint density at radius 2 is 2.11 bits per heavy atom. The van der Waals surface area contributed by atoms with Gasteiger partial charge in [-0.25, -0.2) is 9.97 Å². The third-order valence-electron chi connectivity index (χ3n) is 5.51. The number of anilines is 1. The highest BCUT2D eigenvalue weighted by Gasteiger charge is 2.24. The average Bonchev–Trinajstić information content (AvgIpc) is 3.17. The van der Waals surface area contributed by atoms with Crippen LogP contribution in [0.1, 0.15) is 46.4 Å². The van der Waals surface area contributed by atoms with Crippen LogP contribution in [0.25, 0.3) is 21.9 Å². The molecule has 3 rings (SSSR count). The highest BCUT2D eigenvalue weighted by molar-refractivity contribution is 8.05. The Hall–Kier alpha value is -2.20. The number of imidazole rings is 1. The zero-order chi connectivity index (χ0) is 25.4. The predicted molar refractivity (Wildman–Crippen MR) is 152 cm³/mol. The Morgan fingerprint density at radius 3 is 2.80 bits per heavy atom. The summed E-state index contributed by atoms with van der Waals surface area (Å²) in [5, 5.41) is 2.86. The van der Waals surface area contributed by atoms with Gasteiger partial charge in [-0.2, -0.15) is 0 Å². The van der Waals surface area contributed by atoms with Crippen LogP contribution in [0.3, 0.4) is 0 Å². The largest absolute Gasteiger partial charge is 0.494 e. The van der Waals surface area contributed by atoms with E-state index in [0.29, 0.717) is 37.7 Å². The first-order valence-corrected chi connectivity index (χ1v) is 14.0. The molecule has 3 N–H and O–H groups in total. The van der Waals surface area contributed by atoms with Crippen LogP contribution in [0.2, 0.25) is 0 Å². The van der Waals surface area contributed by atoms with E-state index in [1.165, 1.54) is 4.91 Å². The number of allylic oxidation sites excluding steroid dienone is 2. The third kappa shape index (κ3) is 6.94. The van der Waals surface area contributed by atoms with Gasteiger partial charge in [-0.15, -0.1) is 11.8 Å². The van der Waals surface area contributed by atoms with Gasteiger partial charge in [0.05, 0.1) is 17.6 Å². The molecule has 0 saturated carbocycles. The van der Waals surface area contributed by atoms with Gasteiger partial charge in [0.25, 0.3) is 0 Å². The van der Waals surface area contributed by atoms with Gasteiger partial charge in [0.1, 0.15) is 23.7 Å². The molecule has 0 bridgehead atoms. The number of ether oxygens (including phenoxy) is 2. The highest BCUT2D eigenvalue weighted by Crippen LogP contribution is 2.32. The van der Waals surface area contributed by atoms with Crippen LogP contribution < -0.4 is 15.2 Å². The van der Waals surface area contributed by atoms with Crippen LogP contribution in [0.15, 0.2) is 41.2 Å². The van der Waals surface area contributed by atoms with Gasteiger partial charge in [0.15, 0.2) is 5.82 Å². The molecule has 9 heteroatoms. The number of fused-ring (bicyclic) bond motifs is 3. The maximum absolute atomic E-state index is 6.40. The molecule has 0 aliphatic heterocycles. The van der Waals surface area contributed by atoms with Crippen molar-refractivity contribution in [3.8, 4) is 5.75 Å². The lowest BCUT2D eigenvalue weighted by molar-refractivity contribution is 0.125. The molecular formula is C26H37N5O2S2. The number of hydrogen-bond acceptors (Lipinski definition) is 8. The van der Waals surface area contributed by atoms with E-state index in [2.05, 4.69) is 53.8 Å². The second kappa shape index (κ2) is 12.7. The zero-order valence-corrected chi connectivity index (χ0v) is 23.0. The minimum absolute atomic E-state index is 0.170. The number of thioether (sulfide) groups is 1. The molecule has 0 amide bonds. The van der Waals surface area contributed by atoms with Crippen molar-refractivity contribution < 1.29 is 9.47 Å². The molecule has 2 aromatic heterocycles. The van der Waals surface area contributed by atoms with Crippen LogP contribution in [-0.4, -0.2) is 39.5 Å². The normalized spacial score (nSPS) is 12.5. The van der Waals surface area contributed by atoms with E-state index >= 15 is 0 Å². The molecule has 2 heterocycles. The number of nitrogens with zero attached hydrogens (tertiary/aromatic N) is 3. The fourth-order valence-corrected chi connectivity index (χ4v) is 5.25. The van der Waals surface area contributed by atoms with Crippen molar-refractivity contribution >= 4 is 51.5 Å². The Balaban J connectivity index is 1.94. The number of hydrogen-bond donors (Lipinski definition) is 2. The number of pyridine rings is 1. The van der Waals surface area contributed by atoms with Gasteiger partial charge >= 0.3 is 0 Å². The summed E-state index contributed by atoms with van der Waals surface area (Å²) in [5.74, 6) is 2.04. The first kappa shape index (κ1) is 27.4. The molecule has 0 radical (unpaired) electrons. The number of nitrogen functional groups attached to an aromatic ring is 1. The van der Waals surface area contributed by atoms with E-state index in [-0.39, 0.29) is 5.54 Å². The molecule has 0 aliphatic rings. The fraction of sp³-hybridized carbons (Fsp3) is 0.462. The summed E-state index contributed by atoms with van der Waals surface area (Å²) < 4.78 is 17.5. The molecule has 0 aliphatic carbocycles. The highest BCUT2D eigenvalue weighted by atomic mass is 32.2. The van der Waals surface area contributed by atoms with Gasteiger partial charge in [0, 0.05) is 30.1 Å². The molecule has 0 saturated heterocycles. The number of rotatable bonds is 14. The fourth-order valence-electron chi connectivity index (χ4n) is 4.02. The monoisotopic (exact) mass is 515 g/mol. The molecule has 0 spiro atoms. The lowest BCUT2D eigenvalue weighted by Gasteiger charge is -2.27. The molecule has 0 fully saturated rings. The van der Waals surface area contributed by atoms with Gasteiger partial charge in [-0.1, -0.05) is 24.6 Å². The topological polar surface area (TPSA) is 87.2 Å². The molecule has 190 valence electrons. The average molecular weight is 516 g/mol. The first-order valence-electron chi connectivity index (χ1n) is 11.8. The molecule has 0 unspecified atom stereocenters. The van der Waals surface area contributed by atoms with Gasteiger partial charge < -0.3 is 19.8 Å². The first-order chi connectivity index (χ1) is 16.8. The zero-order valence-electron chi connectivity index (χ0n) is 21.4. The second-order valence-corrected chi connectivity index (χ2v) is 10.5. The maximum Gasteiger partial charge on any atom is 0.152 e. The summed E-state index contributed by atoms with van der Waals surface area (Å²) in [6.45, 7) is 14.5. The Kier molecular flexibility index (Phi) is 9.91. The van der Waals surface area contributed by atoms with E-state index in [4.69, 9.17) is 20.2 Å². The predicted octanol–water partition coefficient (Wildman–Crippen LogP) is 6.29. The van der Waals surface area contributed by atoms with Crippen molar-refractivity contribution in [1.82, 2.24) is 19.3 Å². The van der Waals surface area contributed by atoms with Crippen molar-refractivity contribution in [2.75, 3.05) is 25.2 Å². The standard InChI is InChI=1S/C26H37N5O2S2/c1-7-19(35-9-3)11-10-14-33-18-12-13-20-21(15-18)28-25(27)23-24(20)31(17-26(4,5)30-34-6)22(29-23)16-32-8-2/h7,9,12-13,15,30H,3,8,10-11,14,16-17H2,1-2,4-6H3,(H2,27,28)/b19-7-. The Labute approximate surface area is 217 Å². The van der Waals surface area contributed by atoms with E-state index in [1.54, 1.807) is 23.7 Å². The van der Waals surface area contributed by atoms with Crippen molar-refractivity contribution in [3.63, 3.8) is 0 Å². The van der Waals surface area contributed by atoms with Crippen LogP contribution in [-0.2, 0) is 17.9 Å². The Morgan fingerprint density at radius 1 is 1.31 bits per heavy atom. The number of benzene rings is 1. The van der Waals surface area contributed by atoms with E-state index < -0.39 is 0 Å². The number of nitrogens with two attached hydrogens (primary N) is 1. The van der Waals surface area contributed by atoms with Crippen LogP contribution in [0.5, 0.6) is 5.75 Å². The lowest BCUT2D eigenvalue weighted by Crippen LogP contribution is -2.39. The van der Waals surface area contributed by atoms with E-state index in [9.17, 15) is 0 Å². The molecule has 7 nitrogen and oxygen atoms in total. The van der Waals surface area contributed by atoms with Crippen molar-refractivity contribution in [1.29, 1.82) is 0 Å². The van der Waals surface area contributed by atoms with E-state index in [0.717, 1.165) is 40.8 Å². The van der Waals surface area contributed by atoms with E-state index in [1.807, 2.05) is 30.7 Å². The minimum atomic E-state index is -0.170. The second-order valence-electron chi connectivity index (χ2n) is 8.81. The maximum atomic E-state index is 6.40. The molecule has 35 heavy (non-hydrogen) atoms. The van der Waals surface area contributed by atoms with Crippen molar-refractivity contribution in [2.45, 2.75) is 59.2 Å². The molecular weight excluding hydrogens is 478 g/mol. The lowest BCUT2D eigenvalue weighted by atomic mass is 10.1. The van der Waals surface area contributed by atoms with Gasteiger partial charge in [-0.05, 0) is 69.2 Å². The van der Waals surface area contributed by atoms with Crippen molar-refractivity contribution in [3.05, 3.63) is 47.0 Å². The summed E-state index contributed by atoms with van der Waals surface area (Å²) in [6, 6.07) is 6.02. The summed E-state index contributed by atoms with van der Waals surface area (Å²) in [7, 11) is 0. The third-order valence-corrected chi connectivity index (χ3v) is 7.18. The summed E-state index contributed by atoms with van der Waals surface area (Å²) in [4.78, 5) is 10.8. The number of nitrogens with one attached hydrogen (secondary N) is 1. The van der Waals surface area contributed by atoms with Gasteiger partial charge in [0.2, 0.25) is 0 Å². The molecule has 0 atom stereocenters.